The van der Waals surface area contributed by atoms with Gasteiger partial charge in [-0.25, -0.2) is 8.42 Å². The number of hydrogen-bond donors (Lipinski definition) is 0. The van der Waals surface area contributed by atoms with E-state index in [4.69, 9.17) is 0 Å². The second-order valence-electron chi connectivity index (χ2n) is 8.37. The number of nitriles is 1. The molecule has 6 nitrogen and oxygen atoms in total. The van der Waals surface area contributed by atoms with Crippen LogP contribution >= 0.6 is 0 Å². The Labute approximate surface area is 190 Å². The third-order valence-electron chi connectivity index (χ3n) is 6.47. The Morgan fingerprint density at radius 3 is 2.27 bits per heavy atom. The molecule has 0 atom stereocenters. The predicted molar refractivity (Wildman–Crippen MR) is 113 cm³/mol. The van der Waals surface area contributed by atoms with Crippen LogP contribution in [0.1, 0.15) is 29.5 Å². The van der Waals surface area contributed by atoms with Crippen LogP contribution in [0.15, 0.2) is 53.4 Å². The van der Waals surface area contributed by atoms with Gasteiger partial charge in [-0.1, -0.05) is 36.4 Å². The lowest BCUT2D eigenvalue weighted by atomic mass is 9.74. The van der Waals surface area contributed by atoms with Crippen LogP contribution in [0.4, 0.5) is 13.2 Å². The molecule has 1 amide bonds. The van der Waals surface area contributed by atoms with E-state index in [1.165, 1.54) is 16.4 Å². The summed E-state index contributed by atoms with van der Waals surface area (Å²) in [5.41, 5.74) is 1.22. The molecule has 1 fully saturated rings. The highest BCUT2D eigenvalue weighted by molar-refractivity contribution is 7.89. The summed E-state index contributed by atoms with van der Waals surface area (Å²) < 4.78 is 66.3. The van der Waals surface area contributed by atoms with Gasteiger partial charge in [-0.3, -0.25) is 4.79 Å². The Morgan fingerprint density at radius 2 is 1.67 bits per heavy atom. The van der Waals surface area contributed by atoms with Gasteiger partial charge in [0, 0.05) is 26.2 Å². The fraction of sp³-hybridized carbons (Fsp3) is 0.391. The number of carbonyl (C=O) groups excluding carboxylic acids is 1. The lowest BCUT2D eigenvalue weighted by Crippen LogP contribution is -2.45. The molecular weight excluding hydrogens is 455 g/mol. The number of rotatable bonds is 3. The maximum Gasteiger partial charge on any atom is 0.471 e. The normalized spacial score (nSPS) is 18.9. The Morgan fingerprint density at radius 1 is 1.00 bits per heavy atom. The average Bonchev–Trinajstić information content (AvgIpc) is 2.82. The number of sulfonamides is 1. The van der Waals surface area contributed by atoms with Gasteiger partial charge >= 0.3 is 12.1 Å². The lowest BCUT2D eigenvalue weighted by molar-refractivity contribution is -0.186. The first-order chi connectivity index (χ1) is 15.6. The van der Waals surface area contributed by atoms with Crippen molar-refractivity contribution in [2.24, 2.45) is 0 Å². The molecule has 0 N–H and O–H groups in total. The van der Waals surface area contributed by atoms with E-state index in [0.717, 1.165) is 11.1 Å². The molecule has 2 aromatic carbocycles. The number of piperidine rings is 1. The smallest absolute Gasteiger partial charge is 0.330 e. The van der Waals surface area contributed by atoms with E-state index in [1.54, 1.807) is 6.07 Å². The number of fused-ring (bicyclic) bond motifs is 1. The monoisotopic (exact) mass is 477 g/mol. The van der Waals surface area contributed by atoms with Crippen molar-refractivity contribution in [1.29, 1.82) is 5.26 Å². The van der Waals surface area contributed by atoms with Crippen LogP contribution in [-0.2, 0) is 33.2 Å². The standard InChI is InChI=1S/C23H22F3N3O3S/c24-23(25,26)21(30)28-11-8-17-6-7-20(14-18(17)15-28)33(31,32)29-12-9-22(16-27,10-13-29)19-4-2-1-3-5-19/h1-7,14H,8-13,15H2. The number of halogens is 3. The molecule has 0 spiro atoms. The van der Waals surface area contributed by atoms with Crippen molar-refractivity contribution in [3.63, 3.8) is 0 Å². The minimum absolute atomic E-state index is 0.0215. The molecule has 2 aliphatic rings. The summed E-state index contributed by atoms with van der Waals surface area (Å²) in [4.78, 5) is 12.3. The molecular formula is C23H22F3N3O3S. The van der Waals surface area contributed by atoms with E-state index in [9.17, 15) is 31.6 Å². The number of nitrogens with zero attached hydrogens (tertiary/aromatic N) is 3. The highest BCUT2D eigenvalue weighted by Gasteiger charge is 2.43. The van der Waals surface area contributed by atoms with E-state index < -0.39 is 27.5 Å². The zero-order valence-corrected chi connectivity index (χ0v) is 18.5. The minimum Gasteiger partial charge on any atom is -0.330 e. The first-order valence-electron chi connectivity index (χ1n) is 10.5. The van der Waals surface area contributed by atoms with Crippen molar-refractivity contribution in [2.45, 2.75) is 42.3 Å². The predicted octanol–water partition coefficient (Wildman–Crippen LogP) is 3.38. The van der Waals surface area contributed by atoms with Crippen LogP contribution in [0, 0.1) is 11.3 Å². The van der Waals surface area contributed by atoms with Gasteiger partial charge in [-0.15, -0.1) is 0 Å². The zero-order chi connectivity index (χ0) is 23.9. The average molecular weight is 478 g/mol. The zero-order valence-electron chi connectivity index (χ0n) is 17.7. The summed E-state index contributed by atoms with van der Waals surface area (Å²) in [6.07, 6.45) is -4.07. The van der Waals surface area contributed by atoms with Crippen LogP contribution in [0.25, 0.3) is 0 Å². The molecule has 0 aliphatic carbocycles. The maximum absolute atomic E-state index is 13.3. The van der Waals surface area contributed by atoms with E-state index in [0.29, 0.717) is 23.3 Å². The fourth-order valence-electron chi connectivity index (χ4n) is 4.53. The topological polar surface area (TPSA) is 81.5 Å². The van der Waals surface area contributed by atoms with Crippen molar-refractivity contribution >= 4 is 15.9 Å². The quantitative estimate of drug-likeness (QED) is 0.679. The Bertz CT molecular complexity index is 1200. The van der Waals surface area contributed by atoms with Gasteiger partial charge in [0.15, 0.2) is 0 Å². The second kappa shape index (κ2) is 8.47. The minimum atomic E-state index is -4.97. The highest BCUT2D eigenvalue weighted by Crippen LogP contribution is 2.37. The molecule has 33 heavy (non-hydrogen) atoms. The summed E-state index contributed by atoms with van der Waals surface area (Å²) in [5.74, 6) is -1.92. The molecule has 0 unspecified atom stereocenters. The van der Waals surface area contributed by atoms with Crippen molar-refractivity contribution in [3.05, 3.63) is 65.2 Å². The Balaban J connectivity index is 1.54. The largest absolute Gasteiger partial charge is 0.471 e. The van der Waals surface area contributed by atoms with Gasteiger partial charge in [0.05, 0.1) is 16.4 Å². The van der Waals surface area contributed by atoms with E-state index in [-0.39, 0.29) is 37.5 Å². The molecule has 0 saturated carbocycles. The van der Waals surface area contributed by atoms with Crippen molar-refractivity contribution < 1.29 is 26.4 Å². The van der Waals surface area contributed by atoms with Gasteiger partial charge in [0.1, 0.15) is 0 Å². The van der Waals surface area contributed by atoms with Crippen molar-refractivity contribution in [1.82, 2.24) is 9.21 Å². The van der Waals surface area contributed by atoms with Crippen molar-refractivity contribution in [2.75, 3.05) is 19.6 Å². The van der Waals surface area contributed by atoms with Gasteiger partial charge in [0.25, 0.3) is 0 Å². The first kappa shape index (κ1) is 23.3. The molecule has 10 heteroatoms. The van der Waals surface area contributed by atoms with Gasteiger partial charge < -0.3 is 4.90 Å². The number of hydrogen-bond acceptors (Lipinski definition) is 4. The first-order valence-corrected chi connectivity index (χ1v) is 12.0. The van der Waals surface area contributed by atoms with Crippen LogP contribution in [0.2, 0.25) is 0 Å². The maximum atomic E-state index is 13.3. The fourth-order valence-corrected chi connectivity index (χ4v) is 6.02. The highest BCUT2D eigenvalue weighted by atomic mass is 32.2. The van der Waals surface area contributed by atoms with Crippen LogP contribution in [0.5, 0.6) is 0 Å². The van der Waals surface area contributed by atoms with E-state index in [2.05, 4.69) is 6.07 Å². The van der Waals surface area contributed by atoms with E-state index >= 15 is 0 Å². The Kier molecular flexibility index (Phi) is 5.97. The number of alkyl halides is 3. The summed E-state index contributed by atoms with van der Waals surface area (Å²) in [6.45, 7) is -0.0526. The molecule has 2 aliphatic heterocycles. The third kappa shape index (κ3) is 4.35. The molecule has 0 radical (unpaired) electrons. The summed E-state index contributed by atoms with van der Waals surface area (Å²) >= 11 is 0. The SMILES string of the molecule is N#CC1(c2ccccc2)CCN(S(=O)(=O)c2ccc3c(c2)CN(C(=O)C(F)(F)F)CC3)CC1. The molecule has 0 aromatic heterocycles. The number of benzene rings is 2. The molecule has 4 rings (SSSR count). The summed E-state index contributed by atoms with van der Waals surface area (Å²) in [7, 11) is -3.90. The summed E-state index contributed by atoms with van der Waals surface area (Å²) in [6, 6.07) is 16.1. The molecule has 1 saturated heterocycles. The van der Waals surface area contributed by atoms with Crippen LogP contribution in [-0.4, -0.2) is 49.3 Å². The van der Waals surface area contributed by atoms with Crippen LogP contribution in [0.3, 0.4) is 0 Å². The van der Waals surface area contributed by atoms with Gasteiger partial charge in [-0.05, 0) is 48.1 Å². The third-order valence-corrected chi connectivity index (χ3v) is 8.37. The molecule has 2 heterocycles. The van der Waals surface area contributed by atoms with Crippen molar-refractivity contribution in [3.8, 4) is 6.07 Å². The number of amides is 1. The molecule has 0 bridgehead atoms. The molecule has 174 valence electrons. The van der Waals surface area contributed by atoms with E-state index in [1.807, 2.05) is 30.3 Å². The van der Waals surface area contributed by atoms with Crippen LogP contribution < -0.4 is 0 Å². The number of carbonyl (C=O) groups is 1. The molecule has 2 aromatic rings. The summed E-state index contributed by atoms with van der Waals surface area (Å²) in [5, 5.41) is 9.83. The van der Waals surface area contributed by atoms with Gasteiger partial charge in [-0.2, -0.15) is 22.7 Å². The Hall–Kier alpha value is -2.90. The lowest BCUT2D eigenvalue weighted by Gasteiger charge is -2.37. The van der Waals surface area contributed by atoms with Gasteiger partial charge in [0.2, 0.25) is 10.0 Å². The second-order valence-corrected chi connectivity index (χ2v) is 10.3.